The average Bonchev–Trinajstić information content (AvgIpc) is 3.00. The molecular weight excluding hydrogens is 254 g/mol. The molecule has 19 heavy (non-hydrogen) atoms. The van der Waals surface area contributed by atoms with Gasteiger partial charge in [0.1, 0.15) is 0 Å². The van der Waals surface area contributed by atoms with E-state index in [1.807, 2.05) is 0 Å². The zero-order valence-corrected chi connectivity index (χ0v) is 13.5. The van der Waals surface area contributed by atoms with E-state index in [1.54, 1.807) is 11.3 Å². The highest BCUT2D eigenvalue weighted by atomic mass is 32.1. The summed E-state index contributed by atoms with van der Waals surface area (Å²) in [7, 11) is 0. The summed E-state index contributed by atoms with van der Waals surface area (Å²) in [6.45, 7) is 12.5. The van der Waals surface area contributed by atoms with E-state index in [1.165, 1.54) is 30.9 Å². The normalized spacial score (nSPS) is 18.9. The summed E-state index contributed by atoms with van der Waals surface area (Å²) in [6, 6.07) is 0.473. The molecule has 1 unspecified atom stereocenters. The summed E-state index contributed by atoms with van der Waals surface area (Å²) in [5.74, 6) is 0. The molecule has 1 aromatic heterocycles. The fraction of sp³-hybridized carbons (Fsp3) is 0.800. The SMILES string of the molecule is CCNC(Cc1nc(C)cs1)C(C)(C)N1CCCC1. The number of rotatable bonds is 6. The van der Waals surface area contributed by atoms with Crippen LogP contribution in [0.1, 0.15) is 44.3 Å². The Morgan fingerprint density at radius 1 is 1.42 bits per heavy atom. The minimum Gasteiger partial charge on any atom is -0.312 e. The van der Waals surface area contributed by atoms with Crippen molar-refractivity contribution in [2.45, 2.75) is 58.5 Å². The Bertz CT molecular complexity index is 394. The lowest BCUT2D eigenvalue weighted by Gasteiger charge is -2.42. The van der Waals surface area contributed by atoms with E-state index in [-0.39, 0.29) is 5.54 Å². The van der Waals surface area contributed by atoms with Gasteiger partial charge in [0, 0.05) is 29.1 Å². The van der Waals surface area contributed by atoms with E-state index in [4.69, 9.17) is 0 Å². The molecule has 0 radical (unpaired) electrons. The van der Waals surface area contributed by atoms with Gasteiger partial charge in [-0.3, -0.25) is 4.90 Å². The van der Waals surface area contributed by atoms with Crippen molar-refractivity contribution in [1.82, 2.24) is 15.2 Å². The van der Waals surface area contributed by atoms with Gasteiger partial charge < -0.3 is 5.32 Å². The molecule has 2 heterocycles. The van der Waals surface area contributed by atoms with Crippen molar-refractivity contribution < 1.29 is 0 Å². The second-order valence-electron chi connectivity index (χ2n) is 6.04. The summed E-state index contributed by atoms with van der Waals surface area (Å²) >= 11 is 1.79. The Labute approximate surface area is 121 Å². The number of likely N-dealkylation sites (tertiary alicyclic amines) is 1. The Morgan fingerprint density at radius 3 is 2.63 bits per heavy atom. The van der Waals surface area contributed by atoms with Gasteiger partial charge in [0.15, 0.2) is 0 Å². The molecule has 1 aliphatic heterocycles. The van der Waals surface area contributed by atoms with Crippen molar-refractivity contribution in [3.8, 4) is 0 Å². The van der Waals surface area contributed by atoms with E-state index in [9.17, 15) is 0 Å². The zero-order chi connectivity index (χ0) is 13.9. The Kier molecular flexibility index (Phi) is 4.98. The monoisotopic (exact) mass is 281 g/mol. The lowest BCUT2D eigenvalue weighted by molar-refractivity contribution is 0.107. The fourth-order valence-electron chi connectivity index (χ4n) is 3.00. The Morgan fingerprint density at radius 2 is 2.11 bits per heavy atom. The van der Waals surface area contributed by atoms with Crippen LogP contribution in [-0.2, 0) is 6.42 Å². The number of aromatic nitrogens is 1. The lowest BCUT2D eigenvalue weighted by atomic mass is 9.90. The molecule has 1 aliphatic rings. The van der Waals surface area contributed by atoms with Crippen LogP contribution in [0.3, 0.4) is 0 Å². The summed E-state index contributed by atoms with van der Waals surface area (Å²) in [4.78, 5) is 7.27. The van der Waals surface area contributed by atoms with E-state index < -0.39 is 0 Å². The van der Waals surface area contributed by atoms with Gasteiger partial charge in [0.25, 0.3) is 0 Å². The molecule has 0 amide bonds. The molecule has 0 bridgehead atoms. The van der Waals surface area contributed by atoms with Gasteiger partial charge in [-0.2, -0.15) is 0 Å². The highest BCUT2D eigenvalue weighted by Gasteiger charge is 2.36. The van der Waals surface area contributed by atoms with Crippen molar-refractivity contribution in [2.24, 2.45) is 0 Å². The third kappa shape index (κ3) is 3.56. The topological polar surface area (TPSA) is 28.2 Å². The minimum atomic E-state index is 0.200. The van der Waals surface area contributed by atoms with Crippen LogP contribution >= 0.6 is 11.3 Å². The summed E-state index contributed by atoms with van der Waals surface area (Å²) < 4.78 is 0. The number of thiazole rings is 1. The van der Waals surface area contributed by atoms with Crippen molar-refractivity contribution in [3.63, 3.8) is 0 Å². The molecular formula is C15H27N3S. The van der Waals surface area contributed by atoms with Gasteiger partial charge in [0.2, 0.25) is 0 Å². The van der Waals surface area contributed by atoms with Gasteiger partial charge in [0.05, 0.1) is 5.01 Å². The van der Waals surface area contributed by atoms with Gasteiger partial charge >= 0.3 is 0 Å². The maximum absolute atomic E-state index is 4.63. The standard InChI is InChI=1S/C15H27N3S/c1-5-16-13(10-14-17-12(2)11-19-14)15(3,4)18-8-6-7-9-18/h11,13,16H,5-10H2,1-4H3. The number of nitrogens with one attached hydrogen (secondary N) is 1. The van der Waals surface area contributed by atoms with E-state index in [0.717, 1.165) is 18.7 Å². The summed E-state index contributed by atoms with van der Waals surface area (Å²) in [5.41, 5.74) is 1.35. The van der Waals surface area contributed by atoms with Crippen LogP contribution in [0.4, 0.5) is 0 Å². The molecule has 0 spiro atoms. The van der Waals surface area contributed by atoms with Crippen molar-refractivity contribution in [3.05, 3.63) is 16.1 Å². The molecule has 0 saturated carbocycles. The van der Waals surface area contributed by atoms with Crippen molar-refractivity contribution >= 4 is 11.3 Å². The van der Waals surface area contributed by atoms with Gasteiger partial charge in [-0.15, -0.1) is 11.3 Å². The summed E-state index contributed by atoms with van der Waals surface area (Å²) in [5, 5.41) is 7.10. The highest BCUT2D eigenvalue weighted by molar-refractivity contribution is 7.09. The second kappa shape index (κ2) is 6.33. The third-order valence-corrected chi connectivity index (χ3v) is 5.26. The number of hydrogen-bond acceptors (Lipinski definition) is 4. The quantitative estimate of drug-likeness (QED) is 0.869. The van der Waals surface area contributed by atoms with Crippen LogP contribution < -0.4 is 5.32 Å². The van der Waals surface area contributed by atoms with Crippen molar-refractivity contribution in [1.29, 1.82) is 0 Å². The number of nitrogens with zero attached hydrogens (tertiary/aromatic N) is 2. The smallest absolute Gasteiger partial charge is 0.0944 e. The molecule has 1 fully saturated rings. The number of likely N-dealkylation sites (N-methyl/N-ethyl adjacent to an activating group) is 1. The van der Waals surface area contributed by atoms with Crippen LogP contribution in [0.5, 0.6) is 0 Å². The largest absolute Gasteiger partial charge is 0.312 e. The second-order valence-corrected chi connectivity index (χ2v) is 6.99. The molecule has 4 heteroatoms. The van der Waals surface area contributed by atoms with Crippen LogP contribution in [-0.4, -0.2) is 41.1 Å². The minimum absolute atomic E-state index is 0.200. The van der Waals surface area contributed by atoms with E-state index in [2.05, 4.69) is 48.3 Å². The van der Waals surface area contributed by atoms with E-state index >= 15 is 0 Å². The molecule has 1 saturated heterocycles. The van der Waals surface area contributed by atoms with Crippen LogP contribution in [0.15, 0.2) is 5.38 Å². The molecule has 0 aliphatic carbocycles. The van der Waals surface area contributed by atoms with Gasteiger partial charge in [-0.1, -0.05) is 6.92 Å². The number of aryl methyl sites for hydroxylation is 1. The van der Waals surface area contributed by atoms with Crippen LogP contribution in [0.25, 0.3) is 0 Å². The van der Waals surface area contributed by atoms with Gasteiger partial charge in [-0.25, -0.2) is 4.98 Å². The Balaban J connectivity index is 2.09. The maximum atomic E-state index is 4.63. The first-order chi connectivity index (χ1) is 9.04. The molecule has 1 atom stereocenters. The van der Waals surface area contributed by atoms with Crippen LogP contribution in [0, 0.1) is 6.92 Å². The predicted octanol–water partition coefficient (Wildman–Crippen LogP) is 2.85. The first-order valence-corrected chi connectivity index (χ1v) is 8.31. The maximum Gasteiger partial charge on any atom is 0.0944 e. The van der Waals surface area contributed by atoms with Crippen molar-refractivity contribution in [2.75, 3.05) is 19.6 Å². The van der Waals surface area contributed by atoms with Crippen LogP contribution in [0.2, 0.25) is 0 Å². The highest BCUT2D eigenvalue weighted by Crippen LogP contribution is 2.27. The first-order valence-electron chi connectivity index (χ1n) is 7.43. The first kappa shape index (κ1) is 14.9. The molecule has 0 aromatic carbocycles. The summed E-state index contributed by atoms with van der Waals surface area (Å²) in [6.07, 6.45) is 3.73. The molecule has 108 valence electrons. The Hall–Kier alpha value is -0.450. The van der Waals surface area contributed by atoms with E-state index in [0.29, 0.717) is 6.04 Å². The molecule has 1 aromatic rings. The fourth-order valence-corrected chi connectivity index (χ4v) is 3.82. The molecule has 3 nitrogen and oxygen atoms in total. The third-order valence-electron chi connectivity index (χ3n) is 4.27. The predicted molar refractivity (Wildman–Crippen MR) is 82.9 cm³/mol. The van der Waals surface area contributed by atoms with Gasteiger partial charge in [-0.05, 0) is 53.2 Å². The molecule has 2 rings (SSSR count). The zero-order valence-electron chi connectivity index (χ0n) is 12.7. The molecule has 1 N–H and O–H groups in total. The number of hydrogen-bond donors (Lipinski definition) is 1. The lowest BCUT2D eigenvalue weighted by Crippen LogP contribution is -2.57. The average molecular weight is 281 g/mol.